The van der Waals surface area contributed by atoms with E-state index in [1.54, 1.807) is 36.0 Å². The van der Waals surface area contributed by atoms with Crippen LogP contribution in [0, 0.1) is 0 Å². The first-order chi connectivity index (χ1) is 22.3. The molecule has 0 bridgehead atoms. The molecule has 10 nitrogen and oxygen atoms in total. The molecule has 0 radical (unpaired) electrons. The Balaban J connectivity index is 0.000000184. The van der Waals surface area contributed by atoms with Crippen LogP contribution in [0.25, 0.3) is 11.4 Å². The van der Waals surface area contributed by atoms with Crippen molar-refractivity contribution in [2.45, 2.75) is 27.0 Å². The van der Waals surface area contributed by atoms with Crippen LogP contribution in [0.4, 0.5) is 11.4 Å². The average molecular weight is 651 g/mol. The summed E-state index contributed by atoms with van der Waals surface area (Å²) in [5.74, 6) is -1.48. The molecular formula is C34H30N6O4S2. The first-order valence-corrected chi connectivity index (χ1v) is 15.7. The van der Waals surface area contributed by atoms with Gasteiger partial charge in [-0.25, -0.2) is 19.6 Å². The minimum atomic E-state index is -1.03. The fourth-order valence-corrected chi connectivity index (χ4v) is 5.89. The maximum Gasteiger partial charge on any atom is 0.358 e. The van der Waals surface area contributed by atoms with Crippen LogP contribution < -0.4 is 11.5 Å². The van der Waals surface area contributed by atoms with Gasteiger partial charge >= 0.3 is 11.9 Å². The lowest BCUT2D eigenvalue weighted by Gasteiger charge is -2.07. The number of hydrogen-bond donors (Lipinski definition) is 3. The number of aromatic carboxylic acids is 1. The zero-order valence-electron chi connectivity index (χ0n) is 24.7. The number of anilines is 2. The Bertz CT molecular complexity index is 1910. The Labute approximate surface area is 274 Å². The van der Waals surface area contributed by atoms with E-state index in [2.05, 4.69) is 9.97 Å². The van der Waals surface area contributed by atoms with E-state index >= 15 is 0 Å². The zero-order chi connectivity index (χ0) is 32.5. The smallest absolute Gasteiger partial charge is 0.358 e. The molecule has 12 heteroatoms. The molecule has 2 heterocycles. The quantitative estimate of drug-likeness (QED) is 0.109. The standard InChI is InChI=1S/C18H18N4O2S.C16H12N2O2S/c1-2-24-17(23)16-11-22(14-7-3-12(19)4-8-14)18(21-16)25-15-9-5-13(20)6-10-15;19-15(20)14-11-18(12-7-3-1-4-8-12)16(17-14)21-13-9-5-2-6-10-13/h3-11H,2,19-20H2,1H3;1-11H,(H,19,20). The molecule has 0 aliphatic carbocycles. The maximum atomic E-state index is 12.0. The lowest BCUT2D eigenvalue weighted by atomic mass is 10.3. The zero-order valence-corrected chi connectivity index (χ0v) is 26.3. The topological polar surface area (TPSA) is 151 Å². The Hall–Kier alpha value is -5.46. The van der Waals surface area contributed by atoms with E-state index in [-0.39, 0.29) is 11.4 Å². The molecule has 0 spiro atoms. The molecule has 2 aromatic heterocycles. The second-order valence-corrected chi connectivity index (χ2v) is 11.7. The summed E-state index contributed by atoms with van der Waals surface area (Å²) in [5, 5.41) is 10.4. The lowest BCUT2D eigenvalue weighted by Crippen LogP contribution is -2.04. The number of imidazole rings is 2. The molecule has 6 rings (SSSR count). The second-order valence-electron chi connectivity index (χ2n) is 9.60. The highest BCUT2D eigenvalue weighted by Crippen LogP contribution is 2.31. The molecule has 0 atom stereocenters. The second kappa shape index (κ2) is 15.0. The Morgan fingerprint density at radius 2 is 1.13 bits per heavy atom. The van der Waals surface area contributed by atoms with Crippen molar-refractivity contribution >= 4 is 46.8 Å². The van der Waals surface area contributed by atoms with Crippen molar-refractivity contribution < 1.29 is 19.4 Å². The van der Waals surface area contributed by atoms with E-state index in [4.69, 9.17) is 21.3 Å². The van der Waals surface area contributed by atoms with Crippen molar-refractivity contribution in [2.75, 3.05) is 18.1 Å². The van der Waals surface area contributed by atoms with E-state index in [0.29, 0.717) is 28.3 Å². The molecule has 4 aromatic carbocycles. The number of nitrogen functional groups attached to an aromatic ring is 2. The monoisotopic (exact) mass is 650 g/mol. The van der Waals surface area contributed by atoms with Gasteiger partial charge in [-0.1, -0.05) is 59.9 Å². The van der Waals surface area contributed by atoms with Crippen LogP contribution in [0.1, 0.15) is 27.9 Å². The number of aromatic nitrogens is 4. The number of esters is 1. The fourth-order valence-electron chi connectivity index (χ4n) is 4.11. The third kappa shape index (κ3) is 8.17. The summed E-state index contributed by atoms with van der Waals surface area (Å²) in [6, 6.07) is 34.2. The minimum absolute atomic E-state index is 0.0392. The van der Waals surface area contributed by atoms with Gasteiger partial charge in [0.1, 0.15) is 0 Å². The summed E-state index contributed by atoms with van der Waals surface area (Å²) < 4.78 is 8.69. The molecule has 0 saturated heterocycles. The molecule has 46 heavy (non-hydrogen) atoms. The van der Waals surface area contributed by atoms with Gasteiger partial charge < -0.3 is 21.3 Å². The van der Waals surface area contributed by atoms with Crippen molar-refractivity contribution in [3.63, 3.8) is 0 Å². The highest BCUT2D eigenvalue weighted by molar-refractivity contribution is 7.99. The molecular weight excluding hydrogens is 621 g/mol. The number of hydrogen-bond acceptors (Lipinski definition) is 9. The van der Waals surface area contributed by atoms with Crippen LogP contribution in [0.2, 0.25) is 0 Å². The first kappa shape index (κ1) is 31.9. The van der Waals surface area contributed by atoms with E-state index in [1.807, 2.05) is 102 Å². The average Bonchev–Trinajstić information content (AvgIpc) is 3.69. The van der Waals surface area contributed by atoms with Gasteiger partial charge in [0, 0.05) is 44.9 Å². The summed E-state index contributed by atoms with van der Waals surface area (Å²) in [6.45, 7) is 2.06. The summed E-state index contributed by atoms with van der Waals surface area (Å²) in [5.41, 5.74) is 14.9. The van der Waals surface area contributed by atoms with Crippen LogP contribution in [-0.2, 0) is 4.74 Å². The fraction of sp³-hybridized carbons (Fsp3) is 0.0588. The Kier molecular flexibility index (Phi) is 10.4. The highest BCUT2D eigenvalue weighted by Gasteiger charge is 2.18. The van der Waals surface area contributed by atoms with Crippen LogP contribution in [0.15, 0.2) is 142 Å². The first-order valence-electron chi connectivity index (χ1n) is 14.1. The number of rotatable bonds is 9. The van der Waals surface area contributed by atoms with Crippen molar-refractivity contribution in [2.24, 2.45) is 0 Å². The van der Waals surface area contributed by atoms with Gasteiger partial charge in [0.15, 0.2) is 21.7 Å². The van der Waals surface area contributed by atoms with Gasteiger partial charge in [-0.3, -0.25) is 9.13 Å². The summed E-state index contributed by atoms with van der Waals surface area (Å²) >= 11 is 2.87. The SMILES string of the molecule is CCOC(=O)c1cn(-c2ccc(N)cc2)c(Sc2ccc(N)cc2)n1.O=C(O)c1cn(-c2ccccc2)c(Sc2ccccc2)n1. The maximum absolute atomic E-state index is 12.0. The van der Waals surface area contributed by atoms with Gasteiger partial charge in [0.2, 0.25) is 0 Å². The third-order valence-electron chi connectivity index (χ3n) is 6.30. The van der Waals surface area contributed by atoms with Crippen molar-refractivity contribution in [3.8, 4) is 11.4 Å². The number of carbonyl (C=O) groups is 2. The summed E-state index contributed by atoms with van der Waals surface area (Å²) in [4.78, 5) is 33.8. The molecule has 0 unspecified atom stereocenters. The number of nitrogens with zero attached hydrogens (tertiary/aromatic N) is 4. The number of para-hydroxylation sites is 1. The van der Waals surface area contributed by atoms with Crippen LogP contribution in [0.3, 0.4) is 0 Å². The molecule has 5 N–H and O–H groups in total. The van der Waals surface area contributed by atoms with E-state index < -0.39 is 11.9 Å². The minimum Gasteiger partial charge on any atom is -0.476 e. The number of carboxylic acids is 1. The van der Waals surface area contributed by atoms with Gasteiger partial charge in [-0.05, 0) is 79.7 Å². The van der Waals surface area contributed by atoms with Gasteiger partial charge in [-0.2, -0.15) is 0 Å². The number of ether oxygens (including phenoxy) is 1. The van der Waals surface area contributed by atoms with E-state index in [1.165, 1.54) is 23.5 Å². The molecule has 0 fully saturated rings. The molecule has 0 aliphatic rings. The molecule has 6 aromatic rings. The largest absolute Gasteiger partial charge is 0.476 e. The molecule has 0 saturated carbocycles. The number of nitrogens with two attached hydrogens (primary N) is 2. The highest BCUT2D eigenvalue weighted by atomic mass is 32.2. The lowest BCUT2D eigenvalue weighted by molar-refractivity contribution is 0.0519. The number of carbonyl (C=O) groups excluding carboxylic acids is 1. The summed E-state index contributed by atoms with van der Waals surface area (Å²) in [6.07, 6.45) is 3.21. The normalized spacial score (nSPS) is 10.5. The van der Waals surface area contributed by atoms with Gasteiger partial charge in [-0.15, -0.1) is 0 Å². The molecule has 0 aliphatic heterocycles. The number of benzene rings is 4. The van der Waals surface area contributed by atoms with Crippen LogP contribution >= 0.6 is 23.5 Å². The van der Waals surface area contributed by atoms with Gasteiger partial charge in [0.25, 0.3) is 0 Å². The van der Waals surface area contributed by atoms with E-state index in [0.717, 1.165) is 21.2 Å². The predicted octanol–water partition coefficient (Wildman–Crippen LogP) is 7.09. The van der Waals surface area contributed by atoms with Crippen LogP contribution in [0.5, 0.6) is 0 Å². The van der Waals surface area contributed by atoms with Crippen molar-refractivity contribution in [3.05, 3.63) is 133 Å². The predicted molar refractivity (Wildman–Crippen MR) is 180 cm³/mol. The Morgan fingerprint density at radius 3 is 1.67 bits per heavy atom. The molecule has 0 amide bonds. The third-order valence-corrected chi connectivity index (χ3v) is 8.25. The number of carboxylic acid groups (broad SMARTS) is 1. The van der Waals surface area contributed by atoms with Gasteiger partial charge in [0.05, 0.1) is 6.61 Å². The van der Waals surface area contributed by atoms with Crippen molar-refractivity contribution in [1.82, 2.24) is 19.1 Å². The van der Waals surface area contributed by atoms with Crippen molar-refractivity contribution in [1.29, 1.82) is 0 Å². The van der Waals surface area contributed by atoms with Crippen LogP contribution in [-0.4, -0.2) is 42.8 Å². The summed E-state index contributed by atoms with van der Waals surface area (Å²) in [7, 11) is 0. The van der Waals surface area contributed by atoms with E-state index in [9.17, 15) is 9.59 Å². The Morgan fingerprint density at radius 1 is 0.674 bits per heavy atom. The molecule has 232 valence electrons.